The minimum absolute atomic E-state index is 0.286. The van der Waals surface area contributed by atoms with Crippen molar-refractivity contribution in [1.29, 1.82) is 0 Å². The minimum Gasteiger partial charge on any atom is -0.768 e. The molecule has 0 aromatic carbocycles. The van der Waals surface area contributed by atoms with Gasteiger partial charge in [-0.2, -0.15) is 0 Å². The monoisotopic (exact) mass is 181 g/mol. The van der Waals surface area contributed by atoms with Crippen molar-refractivity contribution in [3.05, 3.63) is 30.5 Å². The number of hydrogen-bond donors (Lipinski definition) is 0. The van der Waals surface area contributed by atoms with Crippen molar-refractivity contribution in [1.82, 2.24) is 0 Å². The maximum absolute atomic E-state index is 10.6. The van der Waals surface area contributed by atoms with Gasteiger partial charge in [0.15, 0.2) is 0 Å². The van der Waals surface area contributed by atoms with Crippen LogP contribution in [0.5, 0.6) is 0 Å². The normalized spacial score (nSPS) is 13.4. The van der Waals surface area contributed by atoms with Crippen molar-refractivity contribution < 1.29 is 13.2 Å². The van der Waals surface area contributed by atoms with Crippen LogP contribution in [0.2, 0.25) is 0 Å². The van der Waals surface area contributed by atoms with Gasteiger partial charge >= 0.3 is 0 Å². The van der Waals surface area contributed by atoms with E-state index in [1.165, 1.54) is 12.3 Å². The van der Waals surface area contributed by atoms with Gasteiger partial charge in [0.1, 0.15) is 5.76 Å². The largest absolute Gasteiger partial charge is 0.768 e. The molecule has 0 radical (unpaired) electrons. The highest BCUT2D eigenvalue weighted by molar-refractivity contribution is 7.79. The van der Waals surface area contributed by atoms with E-state index in [1.54, 1.807) is 18.2 Å². The summed E-state index contributed by atoms with van der Waals surface area (Å²) in [5, 5.41) is 0. The minimum atomic E-state index is -2.18. The van der Waals surface area contributed by atoms with Crippen molar-refractivity contribution in [2.75, 3.05) is 0 Å². The van der Waals surface area contributed by atoms with Crippen LogP contribution in [0.4, 0.5) is 0 Å². The van der Waals surface area contributed by atoms with Crippen molar-refractivity contribution in [2.45, 2.75) is 4.90 Å². The van der Waals surface area contributed by atoms with Crippen LogP contribution < -0.4 is 0 Å². The second-order valence-corrected chi connectivity index (χ2v) is 3.23. The Morgan fingerprint density at radius 3 is 2.92 bits per heavy atom. The van der Waals surface area contributed by atoms with Crippen molar-refractivity contribution in [2.24, 2.45) is 0 Å². The number of rotatable bonds is 1. The first-order valence-electron chi connectivity index (χ1n) is 3.34. The SMILES string of the molecule is O=S([O-])c1ccc2occcc1-2. The predicted octanol–water partition coefficient (Wildman–Crippen LogP) is 1.62. The van der Waals surface area contributed by atoms with E-state index in [0.717, 1.165) is 0 Å². The Morgan fingerprint density at radius 2 is 2.17 bits per heavy atom. The summed E-state index contributed by atoms with van der Waals surface area (Å²) in [4.78, 5) is 0.286. The quantitative estimate of drug-likeness (QED) is 0.628. The maximum Gasteiger partial charge on any atom is 0.134 e. The van der Waals surface area contributed by atoms with Gasteiger partial charge in [-0.1, -0.05) is 0 Å². The van der Waals surface area contributed by atoms with E-state index in [-0.39, 0.29) is 4.90 Å². The molecule has 2 aliphatic rings. The van der Waals surface area contributed by atoms with Gasteiger partial charge in [0.2, 0.25) is 0 Å². The molecule has 12 heavy (non-hydrogen) atoms. The van der Waals surface area contributed by atoms with E-state index in [0.29, 0.717) is 11.3 Å². The molecule has 62 valence electrons. The van der Waals surface area contributed by atoms with E-state index >= 15 is 0 Å². The highest BCUT2D eigenvalue weighted by Crippen LogP contribution is 2.29. The van der Waals surface area contributed by atoms with Gasteiger partial charge in [0.25, 0.3) is 0 Å². The van der Waals surface area contributed by atoms with Gasteiger partial charge in [-0.3, -0.25) is 4.21 Å². The summed E-state index contributed by atoms with van der Waals surface area (Å²) in [6.45, 7) is 0. The first kappa shape index (κ1) is 7.52. The molecule has 0 saturated carbocycles. The van der Waals surface area contributed by atoms with Gasteiger partial charge < -0.3 is 8.97 Å². The molecule has 0 saturated heterocycles. The average Bonchev–Trinajstić information content (AvgIpc) is 2.47. The topological polar surface area (TPSA) is 53.3 Å². The zero-order valence-electron chi connectivity index (χ0n) is 6.02. The summed E-state index contributed by atoms with van der Waals surface area (Å²) in [6, 6.07) is 6.54. The van der Waals surface area contributed by atoms with Crippen LogP contribution in [0.15, 0.2) is 39.8 Å². The molecule has 0 aromatic heterocycles. The zero-order valence-corrected chi connectivity index (χ0v) is 6.84. The Hall–Kier alpha value is -1.13. The highest BCUT2D eigenvalue weighted by atomic mass is 32.2. The fourth-order valence-corrected chi connectivity index (χ4v) is 1.64. The standard InChI is InChI=1S/C8H6O3S/c9-12(10)8-4-3-7-6(8)2-1-5-11-7/h1-5H,(H,9,10)/p-1. The average molecular weight is 181 g/mol. The lowest BCUT2D eigenvalue weighted by Gasteiger charge is -2.04. The molecule has 0 aromatic rings. The second kappa shape index (κ2) is 2.73. The van der Waals surface area contributed by atoms with Crippen LogP contribution in [0.25, 0.3) is 11.3 Å². The molecule has 1 aliphatic carbocycles. The Kier molecular flexibility index (Phi) is 1.71. The molecule has 0 amide bonds. The third-order valence-corrected chi connectivity index (χ3v) is 2.35. The lowest BCUT2D eigenvalue weighted by Crippen LogP contribution is -1.87. The van der Waals surface area contributed by atoms with E-state index in [2.05, 4.69) is 0 Å². The van der Waals surface area contributed by atoms with E-state index < -0.39 is 11.1 Å². The third-order valence-electron chi connectivity index (χ3n) is 1.63. The smallest absolute Gasteiger partial charge is 0.134 e. The van der Waals surface area contributed by atoms with Crippen LogP contribution in [-0.2, 0) is 11.1 Å². The molecule has 1 heterocycles. The molecule has 3 nitrogen and oxygen atoms in total. The van der Waals surface area contributed by atoms with Gasteiger partial charge in [0.05, 0.1) is 6.26 Å². The summed E-state index contributed by atoms with van der Waals surface area (Å²) in [6.07, 6.45) is 1.51. The van der Waals surface area contributed by atoms with Crippen molar-refractivity contribution >= 4 is 11.1 Å². The lowest BCUT2D eigenvalue weighted by atomic mass is 10.3. The maximum atomic E-state index is 10.6. The molecule has 4 heteroatoms. The predicted molar refractivity (Wildman–Crippen MR) is 42.5 cm³/mol. The van der Waals surface area contributed by atoms with E-state index in [1.807, 2.05) is 0 Å². The number of hydrogen-bond acceptors (Lipinski definition) is 3. The first-order chi connectivity index (χ1) is 5.79. The van der Waals surface area contributed by atoms with Gasteiger partial charge in [0, 0.05) is 10.5 Å². The molecular weight excluding hydrogens is 176 g/mol. The molecule has 0 bridgehead atoms. The summed E-state index contributed by atoms with van der Waals surface area (Å²) in [5.41, 5.74) is 0.630. The molecule has 0 N–H and O–H groups in total. The molecule has 1 atom stereocenters. The molecule has 0 fully saturated rings. The highest BCUT2D eigenvalue weighted by Gasteiger charge is 2.10. The van der Waals surface area contributed by atoms with Gasteiger partial charge in [-0.05, 0) is 35.3 Å². The lowest BCUT2D eigenvalue weighted by molar-refractivity contribution is 0.536. The van der Waals surface area contributed by atoms with Gasteiger partial charge in [-0.15, -0.1) is 0 Å². The molecular formula is C8H5O3S-. The molecule has 1 aliphatic heterocycles. The third kappa shape index (κ3) is 1.05. The Bertz CT molecular complexity index is 393. The summed E-state index contributed by atoms with van der Waals surface area (Å²) in [5.74, 6) is 0.594. The Labute approximate surface area is 71.6 Å². The van der Waals surface area contributed by atoms with Crippen molar-refractivity contribution in [3.63, 3.8) is 0 Å². The van der Waals surface area contributed by atoms with Crippen LogP contribution in [0, 0.1) is 0 Å². The fourth-order valence-electron chi connectivity index (χ4n) is 1.11. The van der Waals surface area contributed by atoms with Crippen molar-refractivity contribution in [3.8, 4) is 11.3 Å². The summed E-state index contributed by atoms with van der Waals surface area (Å²) in [7, 11) is 0. The molecule has 2 rings (SSSR count). The summed E-state index contributed by atoms with van der Waals surface area (Å²) < 4.78 is 26.3. The van der Waals surface area contributed by atoms with Gasteiger partial charge in [-0.25, -0.2) is 0 Å². The van der Waals surface area contributed by atoms with Crippen LogP contribution in [0.3, 0.4) is 0 Å². The molecule has 0 spiro atoms. The number of fused-ring (bicyclic) bond motifs is 1. The van der Waals surface area contributed by atoms with Crippen LogP contribution in [0.1, 0.15) is 0 Å². The fraction of sp³-hybridized carbons (Fsp3) is 0. The molecule has 1 unspecified atom stereocenters. The van der Waals surface area contributed by atoms with Crippen LogP contribution >= 0.6 is 0 Å². The second-order valence-electron chi connectivity index (χ2n) is 2.32. The summed E-state index contributed by atoms with van der Waals surface area (Å²) >= 11 is -2.18. The zero-order chi connectivity index (χ0) is 8.55. The first-order valence-corrected chi connectivity index (χ1v) is 4.42. The van der Waals surface area contributed by atoms with E-state index in [9.17, 15) is 8.76 Å². The Morgan fingerprint density at radius 1 is 1.33 bits per heavy atom. The van der Waals surface area contributed by atoms with E-state index in [4.69, 9.17) is 4.42 Å². The Balaban J connectivity index is 2.67. The van der Waals surface area contributed by atoms with Crippen LogP contribution in [-0.4, -0.2) is 8.76 Å².